The molecule has 4 rings (SSSR count). The van der Waals surface area contributed by atoms with Gasteiger partial charge in [-0.2, -0.15) is 4.31 Å². The fourth-order valence-corrected chi connectivity index (χ4v) is 6.38. The van der Waals surface area contributed by atoms with Crippen LogP contribution in [0.4, 0.5) is 0 Å². The Hall–Kier alpha value is -2.29. The number of aryl methyl sites for hydroxylation is 1. The first-order valence-electron chi connectivity index (χ1n) is 10.6. The van der Waals surface area contributed by atoms with Crippen molar-refractivity contribution in [2.24, 2.45) is 0 Å². The van der Waals surface area contributed by atoms with Crippen LogP contribution in [0.1, 0.15) is 42.7 Å². The lowest BCUT2D eigenvalue weighted by Crippen LogP contribution is -2.44. The molecule has 0 radical (unpaired) electrons. The Bertz CT molecular complexity index is 1150. The van der Waals surface area contributed by atoms with Gasteiger partial charge in [-0.15, -0.1) is 11.3 Å². The number of hydrogen-bond donors (Lipinski definition) is 1. The minimum absolute atomic E-state index is 0.138. The number of carbonyl (C=O) groups is 1. The molecule has 2 aromatic carbocycles. The van der Waals surface area contributed by atoms with E-state index in [1.54, 1.807) is 18.2 Å². The number of nitrogens with one attached hydrogen (secondary N) is 1. The zero-order chi connectivity index (χ0) is 21.8. The molecular weight excluding hydrogens is 430 g/mol. The van der Waals surface area contributed by atoms with Crippen LogP contribution < -0.4 is 5.32 Å². The highest BCUT2D eigenvalue weighted by molar-refractivity contribution is 7.89. The van der Waals surface area contributed by atoms with E-state index in [0.717, 1.165) is 46.5 Å². The molecule has 6 nitrogen and oxygen atoms in total. The van der Waals surface area contributed by atoms with Crippen molar-refractivity contribution in [1.29, 1.82) is 0 Å². The zero-order valence-corrected chi connectivity index (χ0v) is 19.2. The lowest BCUT2D eigenvalue weighted by molar-refractivity contribution is -0.122. The third kappa shape index (κ3) is 5.31. The number of nitrogens with zero attached hydrogens (tertiary/aromatic N) is 2. The lowest BCUT2D eigenvalue weighted by atomic mass is 9.95. The van der Waals surface area contributed by atoms with Gasteiger partial charge in [0, 0.05) is 12.6 Å². The summed E-state index contributed by atoms with van der Waals surface area (Å²) in [7, 11) is -3.87. The van der Waals surface area contributed by atoms with E-state index in [4.69, 9.17) is 0 Å². The summed E-state index contributed by atoms with van der Waals surface area (Å²) in [5, 5.41) is 3.93. The number of thiazole rings is 1. The van der Waals surface area contributed by atoms with Gasteiger partial charge in [0.15, 0.2) is 0 Å². The van der Waals surface area contributed by atoms with Crippen LogP contribution in [0, 0.1) is 6.92 Å². The second-order valence-corrected chi connectivity index (χ2v) is 11.2. The average molecular weight is 458 g/mol. The van der Waals surface area contributed by atoms with Crippen molar-refractivity contribution < 1.29 is 13.2 Å². The predicted molar refractivity (Wildman–Crippen MR) is 123 cm³/mol. The van der Waals surface area contributed by atoms with E-state index >= 15 is 0 Å². The number of carbonyl (C=O) groups excluding carboxylic acids is 1. The van der Waals surface area contributed by atoms with Crippen molar-refractivity contribution in [1.82, 2.24) is 14.6 Å². The maximum absolute atomic E-state index is 13.5. The smallest absolute Gasteiger partial charge is 0.243 e. The summed E-state index contributed by atoms with van der Waals surface area (Å²) in [6.45, 7) is 1.84. The molecule has 8 heteroatoms. The number of benzene rings is 2. The molecule has 1 aliphatic rings. The molecule has 0 saturated heterocycles. The quantitative estimate of drug-likeness (QED) is 0.575. The van der Waals surface area contributed by atoms with E-state index in [1.165, 1.54) is 22.1 Å². The summed E-state index contributed by atoms with van der Waals surface area (Å²) in [5.74, 6) is -0.249. The normalized spacial score (nSPS) is 15.4. The number of amides is 1. The fourth-order valence-electron chi connectivity index (χ4n) is 4.02. The molecule has 31 heavy (non-hydrogen) atoms. The molecule has 1 aliphatic carbocycles. The van der Waals surface area contributed by atoms with Crippen molar-refractivity contribution >= 4 is 37.5 Å². The highest BCUT2D eigenvalue weighted by atomic mass is 32.2. The summed E-state index contributed by atoms with van der Waals surface area (Å²) in [4.78, 5) is 17.4. The predicted octanol–water partition coefficient (Wildman–Crippen LogP) is 4.24. The molecule has 0 aliphatic heterocycles. The summed E-state index contributed by atoms with van der Waals surface area (Å²) < 4.78 is 29.2. The van der Waals surface area contributed by atoms with Crippen molar-refractivity contribution in [3.8, 4) is 0 Å². The van der Waals surface area contributed by atoms with Crippen molar-refractivity contribution in [2.75, 3.05) is 6.54 Å². The number of hydrogen-bond acceptors (Lipinski definition) is 5. The molecule has 164 valence electrons. The molecule has 1 N–H and O–H groups in total. The van der Waals surface area contributed by atoms with E-state index in [-0.39, 0.29) is 29.9 Å². The van der Waals surface area contributed by atoms with Gasteiger partial charge < -0.3 is 5.32 Å². The number of aromatic nitrogens is 1. The van der Waals surface area contributed by atoms with Crippen LogP contribution in [-0.4, -0.2) is 36.2 Å². The molecule has 1 fully saturated rings. The molecule has 0 bridgehead atoms. The molecule has 0 atom stereocenters. The number of fused-ring (bicyclic) bond motifs is 1. The Balaban J connectivity index is 1.60. The molecule has 1 saturated carbocycles. The average Bonchev–Trinajstić information content (AvgIpc) is 3.14. The molecule has 1 heterocycles. The van der Waals surface area contributed by atoms with Crippen LogP contribution in [-0.2, 0) is 21.4 Å². The number of rotatable bonds is 7. The Labute approximate surface area is 187 Å². The molecule has 0 spiro atoms. The van der Waals surface area contributed by atoms with Crippen LogP contribution >= 0.6 is 11.3 Å². The van der Waals surface area contributed by atoms with Gasteiger partial charge in [0.25, 0.3) is 0 Å². The minimum atomic E-state index is -3.87. The van der Waals surface area contributed by atoms with Crippen molar-refractivity contribution in [3.63, 3.8) is 0 Å². The Morgan fingerprint density at radius 1 is 1.13 bits per heavy atom. The Morgan fingerprint density at radius 2 is 1.87 bits per heavy atom. The van der Waals surface area contributed by atoms with Crippen LogP contribution in [0.25, 0.3) is 10.2 Å². The molecule has 1 amide bonds. The van der Waals surface area contributed by atoms with Gasteiger partial charge >= 0.3 is 0 Å². The maximum atomic E-state index is 13.5. The summed E-state index contributed by atoms with van der Waals surface area (Å²) >= 11 is 1.46. The second kappa shape index (κ2) is 9.46. The van der Waals surface area contributed by atoms with Gasteiger partial charge in [0.05, 0.1) is 26.7 Å². The van der Waals surface area contributed by atoms with Crippen LogP contribution in [0.3, 0.4) is 0 Å². The van der Waals surface area contributed by atoms with Gasteiger partial charge in [0.2, 0.25) is 15.9 Å². The van der Waals surface area contributed by atoms with Crippen LogP contribution in [0.15, 0.2) is 53.4 Å². The number of sulfonamides is 1. The maximum Gasteiger partial charge on any atom is 0.243 e. The van der Waals surface area contributed by atoms with E-state index in [1.807, 2.05) is 37.3 Å². The van der Waals surface area contributed by atoms with E-state index in [9.17, 15) is 13.2 Å². The van der Waals surface area contributed by atoms with Gasteiger partial charge in [0.1, 0.15) is 0 Å². The van der Waals surface area contributed by atoms with E-state index < -0.39 is 10.0 Å². The minimum Gasteiger partial charge on any atom is -0.352 e. The second-order valence-electron chi connectivity index (χ2n) is 8.02. The molecule has 0 unspecified atom stereocenters. The van der Waals surface area contributed by atoms with Crippen LogP contribution in [0.5, 0.6) is 0 Å². The Kier molecular flexibility index (Phi) is 6.69. The van der Waals surface area contributed by atoms with E-state index in [2.05, 4.69) is 10.3 Å². The van der Waals surface area contributed by atoms with E-state index in [0.29, 0.717) is 0 Å². The van der Waals surface area contributed by atoms with Crippen molar-refractivity contribution in [3.05, 3.63) is 59.1 Å². The third-order valence-corrected chi connectivity index (χ3v) is 8.32. The van der Waals surface area contributed by atoms with Crippen molar-refractivity contribution in [2.45, 2.75) is 56.5 Å². The van der Waals surface area contributed by atoms with Gasteiger partial charge in [-0.25, -0.2) is 13.4 Å². The van der Waals surface area contributed by atoms with Gasteiger partial charge in [-0.05, 0) is 43.5 Å². The highest BCUT2D eigenvalue weighted by Crippen LogP contribution is 2.27. The SMILES string of the molecule is Cc1nc2ccc(S(=O)(=O)N(CC(=O)NC3CCCCC3)Cc3ccccc3)cc2s1. The van der Waals surface area contributed by atoms with Gasteiger partial charge in [-0.3, -0.25) is 4.79 Å². The summed E-state index contributed by atoms with van der Waals surface area (Å²) in [5.41, 5.74) is 1.62. The van der Waals surface area contributed by atoms with Crippen LogP contribution in [0.2, 0.25) is 0 Å². The fraction of sp³-hybridized carbons (Fsp3) is 0.391. The lowest BCUT2D eigenvalue weighted by Gasteiger charge is -2.26. The highest BCUT2D eigenvalue weighted by Gasteiger charge is 2.28. The zero-order valence-electron chi connectivity index (χ0n) is 17.6. The van der Waals surface area contributed by atoms with Gasteiger partial charge in [-0.1, -0.05) is 49.6 Å². The third-order valence-electron chi connectivity index (χ3n) is 5.60. The summed E-state index contributed by atoms with van der Waals surface area (Å²) in [6, 6.07) is 14.5. The summed E-state index contributed by atoms with van der Waals surface area (Å²) in [6.07, 6.45) is 5.31. The largest absolute Gasteiger partial charge is 0.352 e. The standard InChI is InChI=1S/C23H27N3O3S2/c1-17-24-21-13-12-20(14-22(21)30-17)31(28,29)26(15-18-8-4-2-5-9-18)16-23(27)25-19-10-6-3-7-11-19/h2,4-5,8-9,12-14,19H,3,6-7,10-11,15-16H2,1H3,(H,25,27). The first kappa shape index (κ1) is 21.9. The molecular formula is C23H27N3O3S2. The first-order chi connectivity index (χ1) is 14.9. The first-order valence-corrected chi connectivity index (χ1v) is 12.9. The Morgan fingerprint density at radius 3 is 2.61 bits per heavy atom. The molecule has 3 aromatic rings. The topological polar surface area (TPSA) is 79.4 Å². The molecule has 1 aromatic heterocycles. The monoisotopic (exact) mass is 457 g/mol.